The van der Waals surface area contributed by atoms with Gasteiger partial charge in [-0.15, -0.1) is 0 Å². The lowest BCUT2D eigenvalue weighted by Gasteiger charge is -2.16. The fourth-order valence-corrected chi connectivity index (χ4v) is 5.39. The number of carbonyl (C=O) groups is 1. The Morgan fingerprint density at radius 2 is 1.84 bits per heavy atom. The number of hydrogen-bond donors (Lipinski definition) is 1. The van der Waals surface area contributed by atoms with E-state index in [1.165, 1.54) is 17.2 Å². The standard InChI is InChI=1S/C25H20ClNO4S/c1-30-19-12-16(11-17(26)13-19)20-3-2-4-22-21(20)9-10-23(22)31-18-7-5-15(6-8-18)24-14-25(28)27-32(24)29/h2-8,11-14,23H,9-10H2,1H3,(H,27,28)/t23-,32?/m1/s1. The van der Waals surface area contributed by atoms with Gasteiger partial charge in [0.1, 0.15) is 17.6 Å². The lowest BCUT2D eigenvalue weighted by Crippen LogP contribution is -2.16. The van der Waals surface area contributed by atoms with Crippen molar-refractivity contribution in [3.63, 3.8) is 0 Å². The van der Waals surface area contributed by atoms with E-state index in [0.717, 1.165) is 41.0 Å². The summed E-state index contributed by atoms with van der Waals surface area (Å²) in [5.74, 6) is 1.12. The molecule has 7 heteroatoms. The van der Waals surface area contributed by atoms with Gasteiger partial charge in [0.2, 0.25) is 0 Å². The Kier molecular flexibility index (Phi) is 5.49. The van der Waals surface area contributed by atoms with E-state index in [1.54, 1.807) is 13.2 Å². The highest BCUT2D eigenvalue weighted by atomic mass is 35.5. The number of benzene rings is 3. The summed E-state index contributed by atoms with van der Waals surface area (Å²) in [4.78, 5) is 11.9. The Bertz CT molecular complexity index is 1270. The van der Waals surface area contributed by atoms with E-state index in [9.17, 15) is 9.00 Å². The molecule has 0 saturated heterocycles. The first kappa shape index (κ1) is 20.8. The molecule has 3 aromatic carbocycles. The zero-order valence-corrected chi connectivity index (χ0v) is 18.8. The van der Waals surface area contributed by atoms with Crippen LogP contribution in [-0.4, -0.2) is 17.2 Å². The molecule has 5 nitrogen and oxygen atoms in total. The first-order chi connectivity index (χ1) is 15.5. The van der Waals surface area contributed by atoms with Crippen LogP contribution in [-0.2, 0) is 22.2 Å². The number of nitrogens with one attached hydrogen (secondary N) is 1. The molecule has 32 heavy (non-hydrogen) atoms. The van der Waals surface area contributed by atoms with Gasteiger partial charge in [-0.1, -0.05) is 41.9 Å². The maximum absolute atomic E-state index is 12.0. The van der Waals surface area contributed by atoms with Crippen LogP contribution in [0.25, 0.3) is 16.0 Å². The Balaban J connectivity index is 1.39. The Morgan fingerprint density at radius 3 is 2.56 bits per heavy atom. The summed E-state index contributed by atoms with van der Waals surface area (Å²) in [6.45, 7) is 0. The number of carbonyl (C=O) groups excluding carboxylic acids is 1. The van der Waals surface area contributed by atoms with E-state index in [2.05, 4.69) is 16.9 Å². The lowest BCUT2D eigenvalue weighted by atomic mass is 9.96. The number of methoxy groups -OCH3 is 1. The van der Waals surface area contributed by atoms with Crippen molar-refractivity contribution in [2.24, 2.45) is 0 Å². The average Bonchev–Trinajstić information content (AvgIpc) is 3.36. The van der Waals surface area contributed by atoms with E-state index in [-0.39, 0.29) is 12.0 Å². The second-order valence-corrected chi connectivity index (χ2v) is 9.28. The van der Waals surface area contributed by atoms with Crippen molar-refractivity contribution in [3.05, 3.63) is 88.5 Å². The summed E-state index contributed by atoms with van der Waals surface area (Å²) in [5, 5.41) is 0.637. The minimum Gasteiger partial charge on any atom is -0.497 e. The van der Waals surface area contributed by atoms with E-state index in [1.807, 2.05) is 42.5 Å². The number of amides is 1. The van der Waals surface area contributed by atoms with Crippen LogP contribution in [0.3, 0.4) is 0 Å². The minimum atomic E-state index is -1.50. The molecule has 1 N–H and O–H groups in total. The van der Waals surface area contributed by atoms with Gasteiger partial charge in [0.15, 0.2) is 11.0 Å². The number of ether oxygens (including phenoxy) is 2. The van der Waals surface area contributed by atoms with Gasteiger partial charge in [-0.3, -0.25) is 9.52 Å². The van der Waals surface area contributed by atoms with Crippen molar-refractivity contribution >= 4 is 33.4 Å². The highest BCUT2D eigenvalue weighted by Gasteiger charge is 2.27. The molecule has 1 heterocycles. The largest absolute Gasteiger partial charge is 0.497 e. The summed E-state index contributed by atoms with van der Waals surface area (Å²) >= 11 is 6.29. The number of hydrogen-bond acceptors (Lipinski definition) is 4. The summed E-state index contributed by atoms with van der Waals surface area (Å²) in [5.41, 5.74) is 5.32. The zero-order chi connectivity index (χ0) is 22.2. The second-order valence-electron chi connectivity index (χ2n) is 7.67. The zero-order valence-electron chi connectivity index (χ0n) is 17.3. The number of fused-ring (bicyclic) bond motifs is 1. The number of rotatable bonds is 5. The molecular weight excluding hydrogens is 446 g/mol. The second kappa shape index (κ2) is 8.45. The van der Waals surface area contributed by atoms with E-state index in [4.69, 9.17) is 21.1 Å². The molecule has 0 saturated carbocycles. The van der Waals surface area contributed by atoms with Crippen molar-refractivity contribution in [2.45, 2.75) is 18.9 Å². The fraction of sp³-hybridized carbons (Fsp3) is 0.160. The molecule has 0 bridgehead atoms. The molecule has 0 aromatic heterocycles. The van der Waals surface area contributed by atoms with Gasteiger partial charge >= 0.3 is 0 Å². The SMILES string of the molecule is COc1cc(Cl)cc(-c2cccc3c2CC[C@H]3Oc2ccc(C3=CC(=O)NS3=O)cc2)c1. The highest BCUT2D eigenvalue weighted by molar-refractivity contribution is 7.93. The predicted molar refractivity (Wildman–Crippen MR) is 126 cm³/mol. The molecule has 3 aromatic rings. The van der Waals surface area contributed by atoms with Crippen LogP contribution in [0.4, 0.5) is 0 Å². The molecule has 1 unspecified atom stereocenters. The third-order valence-electron chi connectivity index (χ3n) is 5.71. The molecule has 0 radical (unpaired) electrons. The Hall–Kier alpha value is -3.09. The molecule has 5 rings (SSSR count). The lowest BCUT2D eigenvalue weighted by molar-refractivity contribution is -0.114. The third kappa shape index (κ3) is 3.92. The van der Waals surface area contributed by atoms with E-state index >= 15 is 0 Å². The van der Waals surface area contributed by atoms with Crippen LogP contribution >= 0.6 is 11.6 Å². The Labute approximate surface area is 193 Å². The quantitative estimate of drug-likeness (QED) is 0.561. The van der Waals surface area contributed by atoms with Crippen molar-refractivity contribution in [1.82, 2.24) is 4.72 Å². The van der Waals surface area contributed by atoms with Crippen LogP contribution in [0.15, 0.2) is 66.7 Å². The maximum Gasteiger partial charge on any atom is 0.257 e. The van der Waals surface area contributed by atoms with Crippen LogP contribution in [0.1, 0.15) is 29.2 Å². The molecule has 1 amide bonds. The molecule has 162 valence electrons. The predicted octanol–water partition coefficient (Wildman–Crippen LogP) is 5.22. The smallest absolute Gasteiger partial charge is 0.257 e. The molecule has 2 atom stereocenters. The first-order valence-electron chi connectivity index (χ1n) is 10.2. The van der Waals surface area contributed by atoms with Gasteiger partial charge in [-0.2, -0.15) is 0 Å². The van der Waals surface area contributed by atoms with Crippen LogP contribution in [0.2, 0.25) is 5.02 Å². The summed E-state index contributed by atoms with van der Waals surface area (Å²) in [6, 6.07) is 19.3. The monoisotopic (exact) mass is 465 g/mol. The van der Waals surface area contributed by atoms with Crippen LogP contribution in [0, 0.1) is 0 Å². The van der Waals surface area contributed by atoms with E-state index in [0.29, 0.717) is 9.93 Å². The third-order valence-corrected chi connectivity index (χ3v) is 7.06. The highest BCUT2D eigenvalue weighted by Crippen LogP contribution is 2.41. The summed E-state index contributed by atoms with van der Waals surface area (Å²) < 4.78 is 26.0. The molecule has 1 aliphatic carbocycles. The maximum atomic E-state index is 12.0. The van der Waals surface area contributed by atoms with Gasteiger partial charge in [0.25, 0.3) is 5.91 Å². The average molecular weight is 466 g/mol. The Morgan fingerprint density at radius 1 is 1.03 bits per heavy atom. The molecule has 1 aliphatic heterocycles. The summed E-state index contributed by atoms with van der Waals surface area (Å²) in [6.07, 6.45) is 3.09. The minimum absolute atomic E-state index is 0.0556. The van der Waals surface area contributed by atoms with Gasteiger partial charge < -0.3 is 9.47 Å². The summed E-state index contributed by atoms with van der Waals surface area (Å²) in [7, 11) is 0.129. The molecule has 0 spiro atoms. The van der Waals surface area contributed by atoms with Crippen molar-refractivity contribution in [2.75, 3.05) is 7.11 Å². The van der Waals surface area contributed by atoms with Crippen molar-refractivity contribution < 1.29 is 18.5 Å². The van der Waals surface area contributed by atoms with E-state index < -0.39 is 11.0 Å². The van der Waals surface area contributed by atoms with Crippen LogP contribution < -0.4 is 14.2 Å². The normalized spacial score (nSPS) is 19.3. The first-order valence-corrected chi connectivity index (χ1v) is 11.7. The fourth-order valence-electron chi connectivity index (χ4n) is 4.25. The molecule has 2 aliphatic rings. The topological polar surface area (TPSA) is 64.6 Å². The van der Waals surface area contributed by atoms with Gasteiger partial charge in [-0.05, 0) is 71.0 Å². The molecule has 0 fully saturated rings. The van der Waals surface area contributed by atoms with Gasteiger partial charge in [0, 0.05) is 11.1 Å². The van der Waals surface area contributed by atoms with Gasteiger partial charge in [0.05, 0.1) is 12.0 Å². The number of halogens is 1. The molecular formula is C25H20ClNO4S. The van der Waals surface area contributed by atoms with Crippen molar-refractivity contribution in [1.29, 1.82) is 0 Å². The van der Waals surface area contributed by atoms with Gasteiger partial charge in [-0.25, -0.2) is 4.21 Å². The van der Waals surface area contributed by atoms with Crippen molar-refractivity contribution in [3.8, 4) is 22.6 Å². The van der Waals surface area contributed by atoms with Crippen LogP contribution in [0.5, 0.6) is 11.5 Å².